The van der Waals surface area contributed by atoms with E-state index in [1.807, 2.05) is 26.0 Å². The van der Waals surface area contributed by atoms with Crippen molar-refractivity contribution in [1.82, 2.24) is 0 Å². The molecule has 0 saturated heterocycles. The summed E-state index contributed by atoms with van der Waals surface area (Å²) in [6.07, 6.45) is 4.31. The van der Waals surface area contributed by atoms with Gasteiger partial charge in [0.2, 0.25) is 0 Å². The van der Waals surface area contributed by atoms with Crippen LogP contribution in [0.3, 0.4) is 0 Å². The third-order valence-corrected chi connectivity index (χ3v) is 6.43. The zero-order chi connectivity index (χ0) is 22.4. The van der Waals surface area contributed by atoms with Crippen molar-refractivity contribution in [2.45, 2.75) is 83.7 Å². The molecule has 0 aliphatic heterocycles. The van der Waals surface area contributed by atoms with Crippen molar-refractivity contribution in [2.75, 3.05) is 0 Å². The minimum absolute atomic E-state index is 0. The van der Waals surface area contributed by atoms with Crippen molar-refractivity contribution in [3.05, 3.63) is 23.8 Å². The molecule has 2 rings (SSSR count). The Balaban J connectivity index is 0.00000480. The van der Waals surface area contributed by atoms with Crippen molar-refractivity contribution in [1.29, 1.82) is 0 Å². The summed E-state index contributed by atoms with van der Waals surface area (Å²) in [6.45, 7) is 5.83. The van der Waals surface area contributed by atoms with E-state index in [2.05, 4.69) is 13.0 Å². The average Bonchev–Trinajstić information content (AvgIpc) is 2.65. The molecular weight excluding hydrogens is 411 g/mol. The second kappa shape index (κ2) is 13.1. The molecule has 7 nitrogen and oxygen atoms in total. The van der Waals surface area contributed by atoms with Crippen molar-refractivity contribution in [2.24, 2.45) is 23.7 Å². The number of hydrogen-bond acceptors (Lipinski definition) is 7. The largest absolute Gasteiger partial charge is 1.00 e. The van der Waals surface area contributed by atoms with E-state index in [0.29, 0.717) is 25.7 Å². The second-order valence-corrected chi connectivity index (χ2v) is 8.86. The van der Waals surface area contributed by atoms with E-state index in [1.165, 1.54) is 0 Å². The number of carboxylic acids is 1. The van der Waals surface area contributed by atoms with E-state index >= 15 is 0 Å². The second-order valence-electron chi connectivity index (χ2n) is 8.86. The maximum Gasteiger partial charge on any atom is 1.00 e. The van der Waals surface area contributed by atoms with Crippen LogP contribution in [0.5, 0.6) is 0 Å². The molecule has 31 heavy (non-hydrogen) atoms. The van der Waals surface area contributed by atoms with Gasteiger partial charge in [-0.15, -0.1) is 0 Å². The number of carbonyl (C=O) groups is 2. The zero-order valence-corrected chi connectivity index (χ0v) is 21.1. The number of carbonyl (C=O) groups excluding carboxylic acids is 2. The van der Waals surface area contributed by atoms with Crippen molar-refractivity contribution in [3.63, 3.8) is 0 Å². The number of carboxylic acid groups (broad SMARTS) is 1. The number of rotatable bonds is 10. The topological polar surface area (TPSA) is 127 Å². The van der Waals surface area contributed by atoms with Gasteiger partial charge in [0.25, 0.3) is 0 Å². The fraction of sp³-hybridized carbons (Fsp3) is 0.739. The molecule has 0 saturated carbocycles. The van der Waals surface area contributed by atoms with Gasteiger partial charge in [-0.1, -0.05) is 39.0 Å². The summed E-state index contributed by atoms with van der Waals surface area (Å²) in [5.41, 5.74) is 0.949. The van der Waals surface area contributed by atoms with Crippen molar-refractivity contribution in [3.8, 4) is 0 Å². The summed E-state index contributed by atoms with van der Waals surface area (Å²) in [5.74, 6) is -1.60. The van der Waals surface area contributed by atoms with Gasteiger partial charge in [0, 0.05) is 24.7 Å². The van der Waals surface area contributed by atoms with Gasteiger partial charge in [-0.05, 0) is 43.1 Å². The fourth-order valence-corrected chi connectivity index (χ4v) is 4.51. The van der Waals surface area contributed by atoms with Crippen LogP contribution in [-0.2, 0) is 14.3 Å². The third-order valence-electron chi connectivity index (χ3n) is 6.43. The Morgan fingerprint density at radius 3 is 2.58 bits per heavy atom. The van der Waals surface area contributed by atoms with Gasteiger partial charge >= 0.3 is 35.5 Å². The number of aliphatic carboxylic acids is 1. The van der Waals surface area contributed by atoms with Gasteiger partial charge in [0.1, 0.15) is 6.10 Å². The van der Waals surface area contributed by atoms with Crippen LogP contribution < -0.4 is 34.7 Å². The van der Waals surface area contributed by atoms with Crippen LogP contribution in [0.4, 0.5) is 0 Å². The molecule has 0 amide bonds. The smallest absolute Gasteiger partial charge is 0.550 e. The summed E-state index contributed by atoms with van der Waals surface area (Å²) in [7, 11) is 0. The predicted octanol–water partition coefficient (Wildman–Crippen LogP) is -1.89. The number of aliphatic hydroxyl groups is 3. The molecule has 0 radical (unpaired) electrons. The summed E-state index contributed by atoms with van der Waals surface area (Å²) >= 11 is 0. The normalized spacial score (nSPS) is 30.3. The first-order valence-corrected chi connectivity index (χ1v) is 11.0. The van der Waals surface area contributed by atoms with Gasteiger partial charge < -0.3 is 30.0 Å². The van der Waals surface area contributed by atoms with Gasteiger partial charge in [-0.25, -0.2) is 0 Å². The molecule has 0 spiro atoms. The molecule has 0 heterocycles. The van der Waals surface area contributed by atoms with E-state index in [4.69, 9.17) is 4.74 Å². The van der Waals surface area contributed by atoms with Gasteiger partial charge in [0.05, 0.1) is 24.2 Å². The van der Waals surface area contributed by atoms with Gasteiger partial charge in [-0.3, -0.25) is 4.79 Å². The molecule has 0 bridgehead atoms. The number of aliphatic hydroxyl groups excluding tert-OH is 3. The van der Waals surface area contributed by atoms with Crippen LogP contribution in [0.1, 0.15) is 59.3 Å². The molecule has 3 N–H and O–H groups in total. The van der Waals surface area contributed by atoms with Gasteiger partial charge in [0.15, 0.2) is 0 Å². The molecule has 1 unspecified atom stereocenters. The monoisotopic (exact) mass is 446 g/mol. The van der Waals surface area contributed by atoms with Crippen LogP contribution in [0, 0.1) is 23.7 Å². The summed E-state index contributed by atoms with van der Waals surface area (Å²) in [4.78, 5) is 23.0. The molecule has 8 heteroatoms. The SMILES string of the molecule is CC[C@H](C)C(=O)O[C@H]1C[C@H](O)C=C2C=C[C@H](C)[C@H](CC[C@@H](O)CC(O)CC(=O)[O-])[C@H]21.[Na+]. The molecule has 0 fully saturated rings. The van der Waals surface area contributed by atoms with Crippen LogP contribution in [0.25, 0.3) is 0 Å². The van der Waals surface area contributed by atoms with Crippen LogP contribution >= 0.6 is 0 Å². The van der Waals surface area contributed by atoms with Crippen molar-refractivity contribution >= 4 is 11.9 Å². The number of hydrogen-bond donors (Lipinski definition) is 3. The average molecular weight is 447 g/mol. The van der Waals surface area contributed by atoms with Crippen LogP contribution in [-0.4, -0.2) is 51.7 Å². The molecule has 2 aliphatic rings. The van der Waals surface area contributed by atoms with Crippen LogP contribution in [0.15, 0.2) is 23.8 Å². The third kappa shape index (κ3) is 8.30. The molecule has 0 aromatic carbocycles. The van der Waals surface area contributed by atoms with Gasteiger partial charge in [-0.2, -0.15) is 0 Å². The quantitative estimate of drug-likeness (QED) is 0.265. The Hall–Kier alpha value is -0.700. The molecule has 170 valence electrons. The Bertz CT molecular complexity index is 662. The zero-order valence-electron chi connectivity index (χ0n) is 19.1. The first-order valence-electron chi connectivity index (χ1n) is 11.0. The number of fused-ring (bicyclic) bond motifs is 1. The number of esters is 1. The Morgan fingerprint density at radius 1 is 1.29 bits per heavy atom. The van der Waals surface area contributed by atoms with E-state index in [-0.39, 0.29) is 65.6 Å². The van der Waals surface area contributed by atoms with Crippen molar-refractivity contribution < 1.29 is 64.3 Å². The Labute approximate surface area is 206 Å². The van der Waals surface area contributed by atoms with E-state index in [9.17, 15) is 30.0 Å². The molecule has 2 aliphatic carbocycles. The number of allylic oxidation sites excluding steroid dienone is 2. The first kappa shape index (κ1) is 28.3. The summed E-state index contributed by atoms with van der Waals surface area (Å²) in [5, 5.41) is 40.8. The summed E-state index contributed by atoms with van der Waals surface area (Å²) < 4.78 is 5.83. The van der Waals surface area contributed by atoms with E-state index in [0.717, 1.165) is 5.57 Å². The summed E-state index contributed by atoms with van der Waals surface area (Å²) in [6, 6.07) is 0. The first-order chi connectivity index (χ1) is 14.1. The van der Waals surface area contributed by atoms with E-state index in [1.54, 1.807) is 0 Å². The molecule has 8 atom stereocenters. The Kier molecular flexibility index (Phi) is 12.0. The van der Waals surface area contributed by atoms with E-state index < -0.39 is 36.8 Å². The Morgan fingerprint density at radius 2 is 1.97 bits per heavy atom. The van der Waals surface area contributed by atoms with Crippen LogP contribution in [0.2, 0.25) is 0 Å². The fourth-order valence-electron chi connectivity index (χ4n) is 4.51. The number of ether oxygens (including phenoxy) is 1. The predicted molar refractivity (Wildman–Crippen MR) is 109 cm³/mol. The maximum atomic E-state index is 12.4. The standard InChI is InChI=1S/C23H36O7.Na/c1-4-13(2)23(29)30-20-11-17(25)9-15-6-5-14(3)19(22(15)20)8-7-16(24)10-18(26)12-21(27)28;/h5-6,9,13-14,16-20,22,24-26H,4,7-8,10-12H2,1-3H3,(H,27,28);/q;+1/p-1/t13-,14-,16+,17+,18?,19-,20-,22-;/m0./s1. The minimum atomic E-state index is -1.35. The maximum absolute atomic E-state index is 12.4. The minimum Gasteiger partial charge on any atom is -0.550 e. The molecule has 0 aromatic rings. The molecule has 0 aromatic heterocycles. The molecular formula is C23H35NaO7.